The lowest BCUT2D eigenvalue weighted by atomic mass is 10.2. The molecule has 0 saturated carbocycles. The van der Waals surface area contributed by atoms with Gasteiger partial charge in [0.15, 0.2) is 5.82 Å². The lowest BCUT2D eigenvalue weighted by Crippen LogP contribution is -2.09. The van der Waals surface area contributed by atoms with Crippen molar-refractivity contribution in [2.45, 2.75) is 20.0 Å². The molecule has 19 heavy (non-hydrogen) atoms. The quantitative estimate of drug-likeness (QED) is 0.478. The maximum atomic E-state index is 11.0. The Bertz CT molecular complexity index is 595. The van der Waals surface area contributed by atoms with Crippen molar-refractivity contribution < 1.29 is 4.92 Å². The summed E-state index contributed by atoms with van der Waals surface area (Å²) in [6.07, 6.45) is 1.62. The molecule has 2 rings (SSSR count). The first-order valence-electron chi connectivity index (χ1n) is 5.77. The fourth-order valence-corrected chi connectivity index (χ4v) is 1.76. The van der Waals surface area contributed by atoms with Gasteiger partial charge in [0.2, 0.25) is 0 Å². The van der Waals surface area contributed by atoms with Crippen LogP contribution >= 0.6 is 0 Å². The average molecular weight is 262 g/mol. The molecule has 0 spiro atoms. The second-order valence-electron chi connectivity index (χ2n) is 3.89. The molecule has 3 N–H and O–H groups in total. The highest BCUT2D eigenvalue weighted by Crippen LogP contribution is 2.30. The predicted octanol–water partition coefficient (Wildman–Crippen LogP) is 1.40. The van der Waals surface area contributed by atoms with E-state index in [0.717, 1.165) is 6.54 Å². The van der Waals surface area contributed by atoms with Crippen molar-refractivity contribution in [3.8, 4) is 0 Å². The number of rotatable bonds is 5. The van der Waals surface area contributed by atoms with E-state index in [2.05, 4.69) is 15.5 Å². The Morgan fingerprint density at radius 3 is 3.00 bits per heavy atom. The largest absolute Gasteiger partial charge is 0.393 e. The molecule has 0 unspecified atom stereocenters. The summed E-state index contributed by atoms with van der Waals surface area (Å²) in [6, 6.07) is 4.77. The Hall–Kier alpha value is -2.64. The van der Waals surface area contributed by atoms with E-state index in [9.17, 15) is 10.1 Å². The third-order valence-electron chi connectivity index (χ3n) is 2.72. The number of nitro benzene ring substituents is 1. The fraction of sp³-hybridized carbons (Fsp3) is 0.273. The van der Waals surface area contributed by atoms with Crippen LogP contribution in [0.25, 0.3) is 0 Å². The Balaban J connectivity index is 2.20. The van der Waals surface area contributed by atoms with Crippen LogP contribution in [0.3, 0.4) is 0 Å². The number of hydrogen-bond donors (Lipinski definition) is 2. The van der Waals surface area contributed by atoms with Gasteiger partial charge in [0.1, 0.15) is 17.7 Å². The molecular weight excluding hydrogens is 248 g/mol. The number of aromatic nitrogens is 3. The van der Waals surface area contributed by atoms with Gasteiger partial charge >= 0.3 is 5.69 Å². The summed E-state index contributed by atoms with van der Waals surface area (Å²) in [7, 11) is 0. The molecule has 0 radical (unpaired) electrons. The van der Waals surface area contributed by atoms with Crippen LogP contribution in [0.5, 0.6) is 0 Å². The third kappa shape index (κ3) is 2.62. The minimum atomic E-state index is -0.498. The van der Waals surface area contributed by atoms with Gasteiger partial charge in [0.05, 0.1) is 11.5 Å². The zero-order chi connectivity index (χ0) is 13.8. The van der Waals surface area contributed by atoms with Crippen LogP contribution in [0.2, 0.25) is 0 Å². The molecule has 0 atom stereocenters. The number of nitrogens with two attached hydrogens (primary N) is 1. The highest BCUT2D eigenvalue weighted by atomic mass is 16.6. The molecule has 100 valence electrons. The molecule has 0 aliphatic heterocycles. The molecule has 0 aliphatic rings. The summed E-state index contributed by atoms with van der Waals surface area (Å²) in [5.41, 5.74) is 5.99. The summed E-state index contributed by atoms with van der Waals surface area (Å²) in [5.74, 6) is 0.708. The Labute approximate surface area is 109 Å². The van der Waals surface area contributed by atoms with Crippen LogP contribution in [0.4, 0.5) is 17.1 Å². The highest BCUT2D eigenvalue weighted by molar-refractivity contribution is 5.74. The number of nitro groups is 1. The normalized spacial score (nSPS) is 10.4. The van der Waals surface area contributed by atoms with Gasteiger partial charge in [-0.1, -0.05) is 6.07 Å². The van der Waals surface area contributed by atoms with Crippen LogP contribution in [-0.2, 0) is 13.1 Å². The third-order valence-corrected chi connectivity index (χ3v) is 2.72. The van der Waals surface area contributed by atoms with Crippen molar-refractivity contribution >= 4 is 17.1 Å². The van der Waals surface area contributed by atoms with E-state index < -0.39 is 4.92 Å². The van der Waals surface area contributed by atoms with Gasteiger partial charge in [0, 0.05) is 6.54 Å². The van der Waals surface area contributed by atoms with Crippen LogP contribution in [0.1, 0.15) is 12.7 Å². The highest BCUT2D eigenvalue weighted by Gasteiger charge is 2.17. The molecular formula is C11H14N6O2. The molecule has 0 amide bonds. The molecule has 0 fully saturated rings. The molecule has 0 saturated heterocycles. The standard InChI is InChI=1S/C11H14N6O2/c1-2-16-7-14-15-10(16)6-13-9-5-3-4-8(12)11(9)17(18)19/h3-5,7,13H,2,6,12H2,1H3. The van der Waals surface area contributed by atoms with Crippen LogP contribution in [0.15, 0.2) is 24.5 Å². The molecule has 2 aromatic rings. The maximum absolute atomic E-state index is 11.0. The van der Waals surface area contributed by atoms with Crippen LogP contribution < -0.4 is 11.1 Å². The lowest BCUT2D eigenvalue weighted by Gasteiger charge is -2.08. The lowest BCUT2D eigenvalue weighted by molar-refractivity contribution is -0.383. The molecule has 1 aromatic carbocycles. The van der Waals surface area contributed by atoms with Gasteiger partial charge in [-0.05, 0) is 19.1 Å². The summed E-state index contributed by atoms with van der Waals surface area (Å²) in [4.78, 5) is 10.5. The van der Waals surface area contributed by atoms with Crippen LogP contribution in [0, 0.1) is 10.1 Å². The Morgan fingerprint density at radius 2 is 2.32 bits per heavy atom. The van der Waals surface area contributed by atoms with Crippen molar-refractivity contribution in [2.75, 3.05) is 11.1 Å². The molecule has 0 bridgehead atoms. The number of para-hydroxylation sites is 1. The van der Waals surface area contributed by atoms with Gasteiger partial charge in [-0.2, -0.15) is 0 Å². The Morgan fingerprint density at radius 1 is 1.53 bits per heavy atom. The SMILES string of the molecule is CCn1cnnc1CNc1cccc(N)c1[N+](=O)[O-]. The monoisotopic (exact) mass is 262 g/mol. The van der Waals surface area contributed by atoms with Gasteiger partial charge < -0.3 is 15.6 Å². The summed E-state index contributed by atoms with van der Waals surface area (Å²) >= 11 is 0. The molecule has 0 aliphatic carbocycles. The molecule has 1 aromatic heterocycles. The average Bonchev–Trinajstić information content (AvgIpc) is 2.83. The number of nitrogens with one attached hydrogen (secondary N) is 1. The number of nitrogens with zero attached hydrogens (tertiary/aromatic N) is 4. The zero-order valence-electron chi connectivity index (χ0n) is 10.4. The van der Waals surface area contributed by atoms with Gasteiger partial charge in [0.25, 0.3) is 0 Å². The van der Waals surface area contributed by atoms with Crippen molar-refractivity contribution in [1.29, 1.82) is 0 Å². The fourth-order valence-electron chi connectivity index (χ4n) is 1.76. The number of aryl methyl sites for hydroxylation is 1. The van der Waals surface area contributed by atoms with E-state index in [1.54, 1.807) is 18.5 Å². The first-order chi connectivity index (χ1) is 9.13. The predicted molar refractivity (Wildman–Crippen MR) is 70.5 cm³/mol. The molecule has 8 nitrogen and oxygen atoms in total. The van der Waals surface area contributed by atoms with Crippen LogP contribution in [-0.4, -0.2) is 19.7 Å². The van der Waals surface area contributed by atoms with E-state index in [1.165, 1.54) is 6.07 Å². The summed E-state index contributed by atoms with van der Waals surface area (Å²) in [6.45, 7) is 3.05. The molecule has 8 heteroatoms. The minimum Gasteiger partial charge on any atom is -0.393 e. The van der Waals surface area contributed by atoms with E-state index in [1.807, 2.05) is 11.5 Å². The second kappa shape index (κ2) is 5.34. The van der Waals surface area contributed by atoms with Crippen molar-refractivity contribution in [2.24, 2.45) is 0 Å². The number of hydrogen-bond acceptors (Lipinski definition) is 6. The number of nitrogen functional groups attached to an aromatic ring is 1. The van der Waals surface area contributed by atoms with Gasteiger partial charge in [-0.25, -0.2) is 0 Å². The summed E-state index contributed by atoms with van der Waals surface area (Å²) < 4.78 is 1.85. The van der Waals surface area contributed by atoms with Crippen molar-refractivity contribution in [1.82, 2.24) is 14.8 Å². The first kappa shape index (κ1) is 12.8. The summed E-state index contributed by atoms with van der Waals surface area (Å²) in [5, 5.41) is 21.7. The van der Waals surface area contributed by atoms with Crippen molar-refractivity contribution in [3.05, 3.63) is 40.5 Å². The smallest absolute Gasteiger partial charge is 0.314 e. The first-order valence-corrected chi connectivity index (χ1v) is 5.77. The van der Waals surface area contributed by atoms with Gasteiger partial charge in [-0.3, -0.25) is 10.1 Å². The Kier molecular flexibility index (Phi) is 3.60. The maximum Gasteiger partial charge on any atom is 0.314 e. The number of anilines is 2. The van der Waals surface area contributed by atoms with E-state index in [4.69, 9.17) is 5.73 Å². The van der Waals surface area contributed by atoms with Gasteiger partial charge in [-0.15, -0.1) is 10.2 Å². The zero-order valence-corrected chi connectivity index (χ0v) is 10.4. The molecule has 1 heterocycles. The van der Waals surface area contributed by atoms with E-state index in [0.29, 0.717) is 18.1 Å². The van der Waals surface area contributed by atoms with E-state index >= 15 is 0 Å². The van der Waals surface area contributed by atoms with E-state index in [-0.39, 0.29) is 11.4 Å². The van der Waals surface area contributed by atoms with Crippen molar-refractivity contribution in [3.63, 3.8) is 0 Å². The minimum absolute atomic E-state index is 0.120. The topological polar surface area (TPSA) is 112 Å². The number of benzene rings is 1. The second-order valence-corrected chi connectivity index (χ2v) is 3.89.